The second kappa shape index (κ2) is 7.23. The largest absolute Gasteiger partial charge is 0.335 e. The van der Waals surface area contributed by atoms with Gasteiger partial charge in [0.2, 0.25) is 0 Å². The van der Waals surface area contributed by atoms with Crippen LogP contribution in [0.3, 0.4) is 0 Å². The summed E-state index contributed by atoms with van der Waals surface area (Å²) in [7, 11) is 0. The molecule has 2 heterocycles. The fourth-order valence-electron chi connectivity index (χ4n) is 4.06. The smallest absolute Gasteiger partial charge is 0.317 e. The van der Waals surface area contributed by atoms with Gasteiger partial charge in [0.15, 0.2) is 0 Å². The summed E-state index contributed by atoms with van der Waals surface area (Å²) in [6.45, 7) is 6.56. The molecule has 0 aromatic heterocycles. The van der Waals surface area contributed by atoms with Gasteiger partial charge in [-0.2, -0.15) is 11.8 Å². The average Bonchev–Trinajstić information content (AvgIpc) is 3.20. The van der Waals surface area contributed by atoms with Crippen LogP contribution in [-0.4, -0.2) is 65.1 Å². The number of carbonyl (C=O) groups excluding carboxylic acids is 1. The van der Waals surface area contributed by atoms with Gasteiger partial charge in [-0.3, -0.25) is 4.90 Å². The molecule has 5 heteroatoms. The molecule has 0 aromatic rings. The van der Waals surface area contributed by atoms with Crippen molar-refractivity contribution in [3.8, 4) is 0 Å². The zero-order chi connectivity index (χ0) is 14.7. The van der Waals surface area contributed by atoms with Gasteiger partial charge < -0.3 is 10.2 Å². The molecular formula is C16H29N3OS. The summed E-state index contributed by atoms with van der Waals surface area (Å²) in [4.78, 5) is 17.0. The van der Waals surface area contributed by atoms with Crippen LogP contribution in [0, 0.1) is 0 Å². The normalized spacial score (nSPS) is 33.8. The molecule has 2 aliphatic heterocycles. The van der Waals surface area contributed by atoms with E-state index in [0.717, 1.165) is 37.6 Å². The first-order valence-corrected chi connectivity index (χ1v) is 9.72. The minimum absolute atomic E-state index is 0.184. The van der Waals surface area contributed by atoms with Crippen molar-refractivity contribution in [2.24, 2.45) is 0 Å². The molecule has 1 N–H and O–H groups in total. The number of carbonyl (C=O) groups is 1. The molecule has 0 spiro atoms. The lowest BCUT2D eigenvalue weighted by Gasteiger charge is -2.24. The minimum Gasteiger partial charge on any atom is -0.335 e. The zero-order valence-corrected chi connectivity index (χ0v) is 14.0. The molecule has 0 unspecified atom stereocenters. The quantitative estimate of drug-likeness (QED) is 0.866. The molecule has 3 atom stereocenters. The van der Waals surface area contributed by atoms with Crippen LogP contribution in [0.5, 0.6) is 0 Å². The number of rotatable bonds is 4. The molecule has 3 rings (SSSR count). The number of urea groups is 1. The van der Waals surface area contributed by atoms with Crippen LogP contribution >= 0.6 is 11.8 Å². The highest BCUT2D eigenvalue weighted by atomic mass is 32.2. The van der Waals surface area contributed by atoms with Gasteiger partial charge in [-0.15, -0.1) is 0 Å². The van der Waals surface area contributed by atoms with Gasteiger partial charge >= 0.3 is 6.03 Å². The van der Waals surface area contributed by atoms with E-state index in [1.165, 1.54) is 38.1 Å². The van der Waals surface area contributed by atoms with E-state index in [-0.39, 0.29) is 6.03 Å². The lowest BCUT2D eigenvalue weighted by Crippen LogP contribution is -2.44. The second-order valence-electron chi connectivity index (χ2n) is 6.67. The Balaban J connectivity index is 1.42. The summed E-state index contributed by atoms with van der Waals surface area (Å²) in [6.07, 6.45) is 7.41. The predicted molar refractivity (Wildman–Crippen MR) is 88.9 cm³/mol. The van der Waals surface area contributed by atoms with E-state index < -0.39 is 0 Å². The standard InChI is InChI=1S/C16H29N3OS/c1-2-21-15-6-5-13(11-15)17-16(20)19-10-7-14(12-19)18-8-3-4-9-18/h13-15H,2-12H2,1H3,(H,17,20)/t13-,14+,15-/m1/s1. The monoisotopic (exact) mass is 311 g/mol. The van der Waals surface area contributed by atoms with E-state index in [2.05, 4.69) is 17.1 Å². The Morgan fingerprint density at radius 3 is 2.76 bits per heavy atom. The summed E-state index contributed by atoms with van der Waals surface area (Å²) in [5.74, 6) is 1.19. The van der Waals surface area contributed by atoms with Gasteiger partial charge in [0, 0.05) is 30.4 Å². The Bertz CT molecular complexity index is 359. The first-order chi connectivity index (χ1) is 10.3. The third-order valence-electron chi connectivity index (χ3n) is 5.22. The first-order valence-electron chi connectivity index (χ1n) is 8.67. The van der Waals surface area contributed by atoms with Gasteiger partial charge in [-0.1, -0.05) is 6.92 Å². The lowest BCUT2D eigenvalue weighted by molar-refractivity contribution is 0.195. The van der Waals surface area contributed by atoms with E-state index in [0.29, 0.717) is 12.1 Å². The molecule has 1 saturated carbocycles. The van der Waals surface area contributed by atoms with Crippen LogP contribution in [0.4, 0.5) is 4.79 Å². The van der Waals surface area contributed by atoms with E-state index >= 15 is 0 Å². The van der Waals surface area contributed by atoms with Crippen molar-refractivity contribution >= 4 is 17.8 Å². The molecule has 0 aromatic carbocycles. The maximum atomic E-state index is 12.4. The Kier molecular flexibility index (Phi) is 5.33. The van der Waals surface area contributed by atoms with Crippen molar-refractivity contribution < 1.29 is 4.79 Å². The second-order valence-corrected chi connectivity index (χ2v) is 8.25. The zero-order valence-electron chi connectivity index (χ0n) is 13.2. The van der Waals surface area contributed by atoms with Gasteiger partial charge in [0.1, 0.15) is 0 Å². The van der Waals surface area contributed by atoms with Crippen LogP contribution in [-0.2, 0) is 0 Å². The van der Waals surface area contributed by atoms with Gasteiger partial charge in [-0.25, -0.2) is 4.79 Å². The molecule has 0 radical (unpaired) electrons. The summed E-state index contributed by atoms with van der Waals surface area (Å²) in [6, 6.07) is 1.21. The molecule has 4 nitrogen and oxygen atoms in total. The fourth-order valence-corrected chi connectivity index (χ4v) is 5.20. The molecule has 3 fully saturated rings. The number of hydrogen-bond acceptors (Lipinski definition) is 3. The van der Waals surface area contributed by atoms with Gasteiger partial charge in [0.05, 0.1) is 0 Å². The molecule has 0 bridgehead atoms. The number of nitrogens with one attached hydrogen (secondary N) is 1. The van der Waals surface area contributed by atoms with E-state index in [9.17, 15) is 4.79 Å². The molecular weight excluding hydrogens is 282 g/mol. The fraction of sp³-hybridized carbons (Fsp3) is 0.938. The third-order valence-corrected chi connectivity index (χ3v) is 6.46. The Hall–Kier alpha value is -0.420. The van der Waals surface area contributed by atoms with Crippen LogP contribution in [0.2, 0.25) is 0 Å². The highest BCUT2D eigenvalue weighted by Crippen LogP contribution is 2.30. The lowest BCUT2D eigenvalue weighted by atomic mass is 10.2. The Morgan fingerprint density at radius 1 is 1.19 bits per heavy atom. The molecule has 3 aliphatic rings. The van der Waals surface area contributed by atoms with Crippen LogP contribution in [0.25, 0.3) is 0 Å². The van der Waals surface area contributed by atoms with E-state index in [1.807, 2.05) is 16.7 Å². The SMILES string of the molecule is CCS[C@@H]1CC[C@@H](NC(=O)N2CC[C@H](N3CCCC3)C2)C1. The van der Waals surface area contributed by atoms with Crippen molar-refractivity contribution in [2.45, 2.75) is 62.8 Å². The molecule has 120 valence electrons. The highest BCUT2D eigenvalue weighted by Gasteiger charge is 2.33. The van der Waals surface area contributed by atoms with Crippen molar-refractivity contribution in [2.75, 3.05) is 31.9 Å². The van der Waals surface area contributed by atoms with Crippen molar-refractivity contribution in [3.63, 3.8) is 0 Å². The van der Waals surface area contributed by atoms with Gasteiger partial charge in [0.25, 0.3) is 0 Å². The molecule has 1 aliphatic carbocycles. The molecule has 2 saturated heterocycles. The summed E-state index contributed by atoms with van der Waals surface area (Å²) in [5.41, 5.74) is 0. The van der Waals surface area contributed by atoms with Gasteiger partial charge in [-0.05, 0) is 57.4 Å². The van der Waals surface area contributed by atoms with Crippen molar-refractivity contribution in [1.82, 2.24) is 15.1 Å². The summed E-state index contributed by atoms with van der Waals surface area (Å²) in [5, 5.41) is 4.04. The van der Waals surface area contributed by atoms with E-state index in [1.54, 1.807) is 0 Å². The third kappa shape index (κ3) is 3.86. The number of thioether (sulfide) groups is 1. The Morgan fingerprint density at radius 2 is 2.00 bits per heavy atom. The summed E-state index contributed by atoms with van der Waals surface area (Å²) >= 11 is 2.05. The maximum Gasteiger partial charge on any atom is 0.317 e. The number of nitrogens with zero attached hydrogens (tertiary/aromatic N) is 2. The predicted octanol–water partition coefficient (Wildman–Crippen LogP) is 2.54. The molecule has 21 heavy (non-hydrogen) atoms. The molecule has 2 amide bonds. The van der Waals surface area contributed by atoms with Crippen LogP contribution in [0.1, 0.15) is 45.4 Å². The van der Waals surface area contributed by atoms with Crippen molar-refractivity contribution in [3.05, 3.63) is 0 Å². The van der Waals surface area contributed by atoms with Crippen LogP contribution < -0.4 is 5.32 Å². The summed E-state index contributed by atoms with van der Waals surface area (Å²) < 4.78 is 0. The minimum atomic E-state index is 0.184. The number of likely N-dealkylation sites (tertiary alicyclic amines) is 2. The maximum absolute atomic E-state index is 12.4. The van der Waals surface area contributed by atoms with Crippen molar-refractivity contribution in [1.29, 1.82) is 0 Å². The Labute approximate surface area is 133 Å². The average molecular weight is 311 g/mol. The van der Waals surface area contributed by atoms with E-state index in [4.69, 9.17) is 0 Å². The highest BCUT2D eigenvalue weighted by molar-refractivity contribution is 7.99. The van der Waals surface area contributed by atoms with Crippen LogP contribution in [0.15, 0.2) is 0 Å². The topological polar surface area (TPSA) is 35.6 Å². The first kappa shape index (κ1) is 15.5. The number of amides is 2. The number of hydrogen-bond donors (Lipinski definition) is 1.